The molecule has 0 aromatic heterocycles. The van der Waals surface area contributed by atoms with Gasteiger partial charge in [-0.25, -0.2) is 0 Å². The van der Waals surface area contributed by atoms with Gasteiger partial charge < -0.3 is 0 Å². The summed E-state index contributed by atoms with van der Waals surface area (Å²) in [6.45, 7) is 4.55. The van der Waals surface area contributed by atoms with Crippen LogP contribution >= 0.6 is 0 Å². The van der Waals surface area contributed by atoms with E-state index in [-0.39, 0.29) is 0 Å². The van der Waals surface area contributed by atoms with E-state index in [1.165, 1.54) is 77.0 Å². The Balaban J connectivity index is 3.14. The summed E-state index contributed by atoms with van der Waals surface area (Å²) >= 11 is 0. The average Bonchev–Trinajstić information content (AvgIpc) is 2.43. The van der Waals surface area contributed by atoms with Crippen LogP contribution in [0.3, 0.4) is 0 Å². The van der Waals surface area contributed by atoms with Gasteiger partial charge in [-0.15, -0.1) is 0 Å². The Hall–Kier alpha value is -0.520. The molecule has 0 unspecified atom stereocenters. The lowest BCUT2D eigenvalue weighted by molar-refractivity contribution is 0.611. The zero-order valence-corrected chi connectivity index (χ0v) is 13.5. The third kappa shape index (κ3) is 17.5. The van der Waals surface area contributed by atoms with Crippen LogP contribution in [-0.2, 0) is 0 Å². The van der Waals surface area contributed by atoms with Crippen molar-refractivity contribution in [2.75, 3.05) is 0 Å². The predicted octanol–water partition coefficient (Wildman–Crippen LogP) is 7.21. The summed E-state index contributed by atoms with van der Waals surface area (Å²) in [6, 6.07) is 0. The number of allylic oxidation sites excluding steroid dienone is 4. The number of hydrogen-bond donors (Lipinski definition) is 0. The van der Waals surface area contributed by atoms with Gasteiger partial charge in [-0.2, -0.15) is 0 Å². The molecule has 112 valence electrons. The molecular formula is C19H36. The number of hydrogen-bond acceptors (Lipinski definition) is 0. The highest BCUT2D eigenvalue weighted by Gasteiger charge is 1.87. The number of rotatable bonds is 14. The van der Waals surface area contributed by atoms with Crippen LogP contribution in [0.4, 0.5) is 0 Å². The minimum Gasteiger partial charge on any atom is -0.0882 e. The van der Waals surface area contributed by atoms with Gasteiger partial charge in [0.25, 0.3) is 0 Å². The maximum atomic E-state index is 2.36. The monoisotopic (exact) mass is 264 g/mol. The first kappa shape index (κ1) is 18.5. The summed E-state index contributed by atoms with van der Waals surface area (Å²) in [5, 5.41) is 0. The molecule has 0 radical (unpaired) electrons. The van der Waals surface area contributed by atoms with Crippen molar-refractivity contribution in [3.63, 3.8) is 0 Å². The lowest BCUT2D eigenvalue weighted by atomic mass is 10.1. The summed E-state index contributed by atoms with van der Waals surface area (Å²) < 4.78 is 0. The van der Waals surface area contributed by atoms with Crippen LogP contribution in [0.5, 0.6) is 0 Å². The van der Waals surface area contributed by atoms with Gasteiger partial charge in [0.15, 0.2) is 0 Å². The minimum absolute atomic E-state index is 1.13. The predicted molar refractivity (Wildman–Crippen MR) is 89.6 cm³/mol. The van der Waals surface area contributed by atoms with Gasteiger partial charge in [-0.3, -0.25) is 0 Å². The third-order valence-corrected chi connectivity index (χ3v) is 3.55. The summed E-state index contributed by atoms with van der Waals surface area (Å²) in [5.74, 6) is 0. The van der Waals surface area contributed by atoms with Gasteiger partial charge >= 0.3 is 0 Å². The highest BCUT2D eigenvalue weighted by molar-refractivity contribution is 4.92. The Labute approximate surface area is 122 Å². The van der Waals surface area contributed by atoms with E-state index < -0.39 is 0 Å². The second kappa shape index (κ2) is 17.5. The highest BCUT2D eigenvalue weighted by Crippen LogP contribution is 2.07. The zero-order chi connectivity index (χ0) is 14.0. The molecule has 19 heavy (non-hydrogen) atoms. The lowest BCUT2D eigenvalue weighted by Gasteiger charge is -1.97. The Morgan fingerprint density at radius 1 is 0.474 bits per heavy atom. The van der Waals surface area contributed by atoms with Crippen molar-refractivity contribution < 1.29 is 0 Å². The summed E-state index contributed by atoms with van der Waals surface area (Å²) in [5.41, 5.74) is 0. The fraction of sp³-hybridized carbons (Fsp3) is 0.789. The molecule has 0 heterocycles. The van der Waals surface area contributed by atoms with Crippen LogP contribution in [0.1, 0.15) is 97.3 Å². The normalized spacial score (nSPS) is 11.9. The first-order valence-corrected chi connectivity index (χ1v) is 8.71. The first-order valence-electron chi connectivity index (χ1n) is 8.71. The Morgan fingerprint density at radius 3 is 1.42 bits per heavy atom. The van der Waals surface area contributed by atoms with Crippen molar-refractivity contribution >= 4 is 0 Å². The molecule has 0 heteroatoms. The first-order chi connectivity index (χ1) is 9.41. The minimum atomic E-state index is 1.13. The van der Waals surface area contributed by atoms with Gasteiger partial charge in [0.1, 0.15) is 0 Å². The average molecular weight is 264 g/mol. The molecule has 0 fully saturated rings. The van der Waals surface area contributed by atoms with Crippen LogP contribution in [0, 0.1) is 0 Å². The van der Waals surface area contributed by atoms with Crippen molar-refractivity contribution in [2.24, 2.45) is 0 Å². The van der Waals surface area contributed by atoms with E-state index >= 15 is 0 Å². The number of unbranched alkanes of at least 4 members (excludes halogenated alkanes) is 10. The van der Waals surface area contributed by atoms with Crippen LogP contribution in [-0.4, -0.2) is 0 Å². The van der Waals surface area contributed by atoms with Crippen LogP contribution in [0.15, 0.2) is 24.3 Å². The van der Waals surface area contributed by atoms with Gasteiger partial charge in [-0.1, -0.05) is 89.5 Å². The molecule has 0 saturated heterocycles. The van der Waals surface area contributed by atoms with Crippen molar-refractivity contribution in [1.29, 1.82) is 0 Å². The van der Waals surface area contributed by atoms with Crippen molar-refractivity contribution in [2.45, 2.75) is 97.3 Å². The SMILES string of the molecule is CCCCCCC=CCC=CCCCCCCCC. The quantitative estimate of drug-likeness (QED) is 0.230. The molecule has 0 aliphatic carbocycles. The van der Waals surface area contributed by atoms with Crippen molar-refractivity contribution in [1.82, 2.24) is 0 Å². The standard InChI is InChI=1S/C19H36/c1-3-5-7-9-11-13-15-17-19-18-16-14-12-10-8-6-4-2/h13,15,18-19H,3-12,14,16-17H2,1-2H3. The molecule has 0 amide bonds. The molecule has 0 saturated carbocycles. The Morgan fingerprint density at radius 2 is 0.895 bits per heavy atom. The van der Waals surface area contributed by atoms with E-state index in [1.807, 2.05) is 0 Å². The van der Waals surface area contributed by atoms with E-state index in [4.69, 9.17) is 0 Å². The van der Waals surface area contributed by atoms with Crippen LogP contribution < -0.4 is 0 Å². The topological polar surface area (TPSA) is 0 Å². The second-order valence-electron chi connectivity index (χ2n) is 5.58. The van der Waals surface area contributed by atoms with E-state index in [2.05, 4.69) is 38.2 Å². The van der Waals surface area contributed by atoms with Crippen LogP contribution in [0.25, 0.3) is 0 Å². The van der Waals surface area contributed by atoms with Gasteiger partial charge in [0.05, 0.1) is 0 Å². The molecule has 0 N–H and O–H groups in total. The van der Waals surface area contributed by atoms with E-state index in [9.17, 15) is 0 Å². The molecule has 0 spiro atoms. The molecule has 0 bridgehead atoms. The highest BCUT2D eigenvalue weighted by atomic mass is 13.9. The van der Waals surface area contributed by atoms with Gasteiger partial charge in [-0.05, 0) is 32.1 Å². The van der Waals surface area contributed by atoms with Gasteiger partial charge in [0.2, 0.25) is 0 Å². The second-order valence-corrected chi connectivity index (χ2v) is 5.58. The molecule has 0 aliphatic rings. The van der Waals surface area contributed by atoms with Crippen molar-refractivity contribution in [3.05, 3.63) is 24.3 Å². The zero-order valence-electron chi connectivity index (χ0n) is 13.5. The lowest BCUT2D eigenvalue weighted by Crippen LogP contribution is -1.77. The maximum absolute atomic E-state index is 2.36. The molecule has 0 rings (SSSR count). The molecule has 0 aromatic rings. The molecule has 0 nitrogen and oxygen atoms in total. The fourth-order valence-electron chi connectivity index (χ4n) is 2.24. The molecular weight excluding hydrogens is 228 g/mol. The van der Waals surface area contributed by atoms with E-state index in [0.29, 0.717) is 0 Å². The molecule has 0 atom stereocenters. The Kier molecular flexibility index (Phi) is 17.0. The summed E-state index contributed by atoms with van der Waals surface area (Å²) in [4.78, 5) is 0. The fourth-order valence-corrected chi connectivity index (χ4v) is 2.24. The largest absolute Gasteiger partial charge is 0.0882 e. The summed E-state index contributed by atoms with van der Waals surface area (Å²) in [6.07, 6.45) is 27.0. The smallest absolute Gasteiger partial charge is 0.0169 e. The van der Waals surface area contributed by atoms with Crippen LogP contribution in [0.2, 0.25) is 0 Å². The Bertz CT molecular complexity index is 200. The molecule has 0 aromatic carbocycles. The van der Waals surface area contributed by atoms with E-state index in [0.717, 1.165) is 6.42 Å². The maximum Gasteiger partial charge on any atom is -0.0169 e. The van der Waals surface area contributed by atoms with Crippen molar-refractivity contribution in [3.8, 4) is 0 Å². The third-order valence-electron chi connectivity index (χ3n) is 3.55. The van der Waals surface area contributed by atoms with E-state index in [1.54, 1.807) is 0 Å². The molecule has 0 aliphatic heterocycles. The summed E-state index contributed by atoms with van der Waals surface area (Å²) in [7, 11) is 0. The van der Waals surface area contributed by atoms with Gasteiger partial charge in [0, 0.05) is 0 Å².